The molecule has 0 aliphatic heterocycles. The normalized spacial score (nSPS) is 19.3. The molecule has 1 rings (SSSR count). The number of nitrogens with two attached hydrogens (primary N) is 1. The number of hydrogen-bond donors (Lipinski definition) is 1. The molecule has 2 N–H and O–H groups in total. The second-order valence-corrected chi connectivity index (χ2v) is 4.95. The molecule has 1 saturated carbocycles. The summed E-state index contributed by atoms with van der Waals surface area (Å²) in [6, 6.07) is 0. The first kappa shape index (κ1) is 12.7. The fourth-order valence-electron chi connectivity index (χ4n) is 1.87. The second kappa shape index (κ2) is 4.25. The average molecular weight is 240 g/mol. The molecule has 0 atom stereocenters. The van der Waals surface area contributed by atoms with Crippen LogP contribution >= 0.6 is 12.2 Å². The van der Waals surface area contributed by atoms with E-state index < -0.39 is 12.7 Å². The zero-order chi connectivity index (χ0) is 11.7. The van der Waals surface area contributed by atoms with Crippen molar-refractivity contribution in [2.75, 3.05) is 20.1 Å². The Balaban J connectivity index is 2.38. The fourth-order valence-corrected chi connectivity index (χ4v) is 2.18. The number of nitrogens with zero attached hydrogens (tertiary/aromatic N) is 1. The molecule has 0 unspecified atom stereocenters. The molecule has 2 nitrogen and oxygen atoms in total. The Morgan fingerprint density at radius 2 is 2.00 bits per heavy atom. The molecule has 0 aromatic carbocycles. The summed E-state index contributed by atoms with van der Waals surface area (Å²) in [5.74, 6) is 0. The molecule has 1 aliphatic rings. The molecular weight excluding hydrogens is 225 g/mol. The van der Waals surface area contributed by atoms with Crippen LogP contribution < -0.4 is 5.73 Å². The Bertz CT molecular complexity index is 248. The summed E-state index contributed by atoms with van der Waals surface area (Å²) in [5, 5.41) is 0. The van der Waals surface area contributed by atoms with Gasteiger partial charge in [0.1, 0.15) is 0 Å². The van der Waals surface area contributed by atoms with Gasteiger partial charge in [-0.25, -0.2) is 0 Å². The topological polar surface area (TPSA) is 29.3 Å². The van der Waals surface area contributed by atoms with Gasteiger partial charge in [0.25, 0.3) is 0 Å². The minimum Gasteiger partial charge on any atom is -0.393 e. The summed E-state index contributed by atoms with van der Waals surface area (Å²) in [7, 11) is 1.48. The van der Waals surface area contributed by atoms with Gasteiger partial charge >= 0.3 is 6.18 Å². The standard InChI is InChI=1S/C9H15F3N2S/c1-14(6-9(10,11)12)5-8(2-3-8)4-7(13)15/h2-6H2,1H3,(H2,13,15). The summed E-state index contributed by atoms with van der Waals surface area (Å²) in [6.45, 7) is -0.448. The average Bonchev–Trinajstić information content (AvgIpc) is 2.61. The van der Waals surface area contributed by atoms with E-state index >= 15 is 0 Å². The predicted octanol–water partition coefficient (Wildman–Crippen LogP) is 1.94. The van der Waals surface area contributed by atoms with E-state index in [4.69, 9.17) is 18.0 Å². The largest absolute Gasteiger partial charge is 0.401 e. The lowest BCUT2D eigenvalue weighted by Gasteiger charge is -2.24. The molecule has 0 amide bonds. The van der Waals surface area contributed by atoms with Gasteiger partial charge in [-0.15, -0.1) is 0 Å². The Kier molecular flexibility index (Phi) is 3.60. The molecule has 1 aliphatic carbocycles. The third-order valence-corrected chi connectivity index (χ3v) is 2.71. The monoisotopic (exact) mass is 240 g/mol. The molecule has 0 saturated heterocycles. The van der Waals surface area contributed by atoms with Crippen LogP contribution in [-0.2, 0) is 0 Å². The zero-order valence-corrected chi connectivity index (χ0v) is 9.42. The van der Waals surface area contributed by atoms with Crippen LogP contribution in [0.2, 0.25) is 0 Å². The highest BCUT2D eigenvalue weighted by Gasteiger charge is 2.44. The summed E-state index contributed by atoms with van der Waals surface area (Å²) < 4.78 is 36.2. The van der Waals surface area contributed by atoms with Gasteiger partial charge in [0.2, 0.25) is 0 Å². The van der Waals surface area contributed by atoms with Crippen LogP contribution in [0.1, 0.15) is 19.3 Å². The highest BCUT2D eigenvalue weighted by molar-refractivity contribution is 7.80. The zero-order valence-electron chi connectivity index (χ0n) is 8.60. The quantitative estimate of drug-likeness (QED) is 0.745. The van der Waals surface area contributed by atoms with Gasteiger partial charge in [0.05, 0.1) is 11.5 Å². The van der Waals surface area contributed by atoms with Crippen molar-refractivity contribution in [1.82, 2.24) is 4.90 Å². The van der Waals surface area contributed by atoms with Crippen molar-refractivity contribution in [3.8, 4) is 0 Å². The lowest BCUT2D eigenvalue weighted by molar-refractivity contribution is -0.144. The SMILES string of the molecule is CN(CC(F)(F)F)CC1(CC(N)=S)CC1. The van der Waals surface area contributed by atoms with Crippen LogP contribution in [0.3, 0.4) is 0 Å². The fraction of sp³-hybridized carbons (Fsp3) is 0.889. The molecule has 0 spiro atoms. The molecule has 0 heterocycles. The molecular formula is C9H15F3N2S. The molecule has 0 radical (unpaired) electrons. The highest BCUT2D eigenvalue weighted by atomic mass is 32.1. The Morgan fingerprint density at radius 1 is 1.47 bits per heavy atom. The summed E-state index contributed by atoms with van der Waals surface area (Å²) in [5.41, 5.74) is 5.33. The molecule has 15 heavy (non-hydrogen) atoms. The summed E-state index contributed by atoms with van der Waals surface area (Å²) >= 11 is 4.78. The summed E-state index contributed by atoms with van der Waals surface area (Å²) in [4.78, 5) is 1.69. The van der Waals surface area contributed by atoms with Crippen molar-refractivity contribution >= 4 is 17.2 Å². The highest BCUT2D eigenvalue weighted by Crippen LogP contribution is 2.49. The number of thiocarbonyl (C=S) groups is 1. The van der Waals surface area contributed by atoms with Crippen molar-refractivity contribution in [2.24, 2.45) is 11.1 Å². The molecule has 0 bridgehead atoms. The van der Waals surface area contributed by atoms with Crippen LogP contribution in [0, 0.1) is 5.41 Å². The van der Waals surface area contributed by atoms with E-state index in [1.807, 2.05) is 0 Å². The number of alkyl halides is 3. The Morgan fingerprint density at radius 3 is 2.33 bits per heavy atom. The molecule has 0 aromatic heterocycles. The number of hydrogen-bond acceptors (Lipinski definition) is 2. The van der Waals surface area contributed by atoms with E-state index in [0.717, 1.165) is 12.8 Å². The van der Waals surface area contributed by atoms with Gasteiger partial charge in [-0.3, -0.25) is 4.90 Å². The van der Waals surface area contributed by atoms with Crippen molar-refractivity contribution in [3.05, 3.63) is 0 Å². The van der Waals surface area contributed by atoms with Crippen LogP contribution in [0.25, 0.3) is 0 Å². The van der Waals surface area contributed by atoms with Crippen LogP contribution in [0.4, 0.5) is 13.2 Å². The van der Waals surface area contributed by atoms with E-state index in [2.05, 4.69) is 0 Å². The summed E-state index contributed by atoms with van der Waals surface area (Å²) in [6.07, 6.45) is -1.72. The van der Waals surface area contributed by atoms with Gasteiger partial charge in [0.15, 0.2) is 0 Å². The van der Waals surface area contributed by atoms with Crippen LogP contribution in [-0.4, -0.2) is 36.2 Å². The molecule has 0 aromatic rings. The van der Waals surface area contributed by atoms with Gasteiger partial charge in [0, 0.05) is 13.0 Å². The Hall–Kier alpha value is -0.360. The van der Waals surface area contributed by atoms with E-state index in [9.17, 15) is 13.2 Å². The third kappa shape index (κ3) is 4.79. The Labute approximate surface area is 92.6 Å². The van der Waals surface area contributed by atoms with Crippen molar-refractivity contribution < 1.29 is 13.2 Å². The maximum atomic E-state index is 12.1. The lowest BCUT2D eigenvalue weighted by Crippen LogP contribution is -2.36. The second-order valence-electron chi connectivity index (χ2n) is 4.43. The maximum Gasteiger partial charge on any atom is 0.401 e. The van der Waals surface area contributed by atoms with Crippen molar-refractivity contribution in [2.45, 2.75) is 25.4 Å². The smallest absolute Gasteiger partial charge is 0.393 e. The van der Waals surface area contributed by atoms with Crippen molar-refractivity contribution in [1.29, 1.82) is 0 Å². The van der Waals surface area contributed by atoms with E-state index in [1.165, 1.54) is 11.9 Å². The molecule has 1 fully saturated rings. The first-order valence-corrected chi connectivity index (χ1v) is 5.17. The number of rotatable bonds is 5. The first-order valence-electron chi connectivity index (χ1n) is 4.76. The maximum absolute atomic E-state index is 12.1. The van der Waals surface area contributed by atoms with Gasteiger partial charge in [-0.1, -0.05) is 12.2 Å². The first-order chi connectivity index (χ1) is 6.72. The van der Waals surface area contributed by atoms with Gasteiger partial charge in [-0.2, -0.15) is 13.2 Å². The molecule has 6 heteroatoms. The lowest BCUT2D eigenvalue weighted by atomic mass is 10.0. The van der Waals surface area contributed by atoms with E-state index in [-0.39, 0.29) is 5.41 Å². The van der Waals surface area contributed by atoms with Crippen LogP contribution in [0.15, 0.2) is 0 Å². The van der Waals surface area contributed by atoms with E-state index in [0.29, 0.717) is 18.0 Å². The predicted molar refractivity (Wildman–Crippen MR) is 56.6 cm³/mol. The number of halogens is 3. The minimum absolute atomic E-state index is 0.0775. The van der Waals surface area contributed by atoms with Gasteiger partial charge < -0.3 is 5.73 Å². The van der Waals surface area contributed by atoms with Gasteiger partial charge in [-0.05, 0) is 25.3 Å². The van der Waals surface area contributed by atoms with E-state index in [1.54, 1.807) is 0 Å². The van der Waals surface area contributed by atoms with Crippen LogP contribution in [0.5, 0.6) is 0 Å². The third-order valence-electron chi connectivity index (χ3n) is 2.56. The minimum atomic E-state index is -4.13. The molecule has 88 valence electrons. The van der Waals surface area contributed by atoms with Crippen molar-refractivity contribution in [3.63, 3.8) is 0 Å².